The van der Waals surface area contributed by atoms with Crippen LogP contribution in [0, 0.1) is 5.92 Å². The minimum Gasteiger partial charge on any atom is -0.436 e. The van der Waals surface area contributed by atoms with E-state index in [0.717, 1.165) is 48.0 Å². The van der Waals surface area contributed by atoms with Crippen LogP contribution in [-0.4, -0.2) is 23.1 Å². The molecule has 1 aromatic heterocycles. The Bertz CT molecular complexity index is 947. The molecule has 2 aromatic carbocycles. The van der Waals surface area contributed by atoms with E-state index in [-0.39, 0.29) is 0 Å². The molecule has 0 bridgehead atoms. The van der Waals surface area contributed by atoms with Gasteiger partial charge in [-0.05, 0) is 54.9 Å². The standard InChI is InChI=1S/C24H29N3O/c1-4-18(3)19-9-5-8-12-22(19)28-24-23(27-15-13-17(2)14-16-27)25-20-10-6-7-11-21(20)26-24/h5-12,17-18H,4,13-16H2,1-3H3. The molecule has 0 radical (unpaired) electrons. The highest BCUT2D eigenvalue weighted by Gasteiger charge is 2.23. The lowest BCUT2D eigenvalue weighted by molar-refractivity contribution is 0.421. The second-order valence-corrected chi connectivity index (χ2v) is 7.96. The smallest absolute Gasteiger partial charge is 0.263 e. The molecule has 1 atom stereocenters. The molecule has 1 aliphatic heterocycles. The van der Waals surface area contributed by atoms with E-state index in [1.54, 1.807) is 0 Å². The lowest BCUT2D eigenvalue weighted by atomic mass is 9.98. The Morgan fingerprint density at radius 1 is 1.00 bits per heavy atom. The third-order valence-corrected chi connectivity index (χ3v) is 5.87. The van der Waals surface area contributed by atoms with Crippen molar-refractivity contribution in [3.8, 4) is 11.6 Å². The SMILES string of the molecule is CCC(C)c1ccccc1Oc1nc2ccccc2nc1N1CCC(C)CC1. The lowest BCUT2D eigenvalue weighted by Gasteiger charge is -2.32. The number of para-hydroxylation sites is 3. The summed E-state index contributed by atoms with van der Waals surface area (Å²) < 4.78 is 6.44. The molecular weight excluding hydrogens is 346 g/mol. The van der Waals surface area contributed by atoms with Crippen LogP contribution in [0.4, 0.5) is 5.82 Å². The maximum atomic E-state index is 6.44. The summed E-state index contributed by atoms with van der Waals surface area (Å²) in [6.45, 7) is 8.76. The van der Waals surface area contributed by atoms with Crippen molar-refractivity contribution < 1.29 is 4.74 Å². The maximum Gasteiger partial charge on any atom is 0.263 e. The highest BCUT2D eigenvalue weighted by Crippen LogP contribution is 2.36. The molecular formula is C24H29N3O. The first-order valence-corrected chi connectivity index (χ1v) is 10.4. The summed E-state index contributed by atoms with van der Waals surface area (Å²) in [4.78, 5) is 12.2. The highest BCUT2D eigenvalue weighted by atomic mass is 16.5. The Morgan fingerprint density at radius 3 is 2.36 bits per heavy atom. The largest absolute Gasteiger partial charge is 0.436 e. The van der Waals surface area contributed by atoms with Gasteiger partial charge in [0, 0.05) is 13.1 Å². The van der Waals surface area contributed by atoms with Crippen LogP contribution in [0.3, 0.4) is 0 Å². The summed E-state index contributed by atoms with van der Waals surface area (Å²) in [5.74, 6) is 3.56. The monoisotopic (exact) mass is 375 g/mol. The number of piperidine rings is 1. The third-order valence-electron chi connectivity index (χ3n) is 5.87. The van der Waals surface area contributed by atoms with E-state index in [1.165, 1.54) is 18.4 Å². The molecule has 4 rings (SSSR count). The van der Waals surface area contributed by atoms with Gasteiger partial charge in [0.1, 0.15) is 5.75 Å². The molecule has 2 heterocycles. The molecule has 28 heavy (non-hydrogen) atoms. The van der Waals surface area contributed by atoms with E-state index < -0.39 is 0 Å². The van der Waals surface area contributed by atoms with Crippen LogP contribution < -0.4 is 9.64 Å². The summed E-state index contributed by atoms with van der Waals surface area (Å²) in [6, 6.07) is 16.3. The molecule has 0 aliphatic carbocycles. The summed E-state index contributed by atoms with van der Waals surface area (Å²) in [5.41, 5.74) is 3.00. The first-order chi connectivity index (χ1) is 13.7. The van der Waals surface area contributed by atoms with Crippen LogP contribution in [0.15, 0.2) is 48.5 Å². The van der Waals surface area contributed by atoms with Gasteiger partial charge in [-0.25, -0.2) is 9.97 Å². The number of benzene rings is 2. The van der Waals surface area contributed by atoms with Crippen LogP contribution in [0.25, 0.3) is 11.0 Å². The minimum absolute atomic E-state index is 0.434. The fraction of sp³-hybridized carbons (Fsp3) is 0.417. The van der Waals surface area contributed by atoms with Crippen LogP contribution in [0.5, 0.6) is 11.6 Å². The van der Waals surface area contributed by atoms with Crippen molar-refractivity contribution in [3.63, 3.8) is 0 Å². The Hall–Kier alpha value is -2.62. The summed E-state index contributed by atoms with van der Waals surface area (Å²) in [6.07, 6.45) is 3.43. The third kappa shape index (κ3) is 3.82. The van der Waals surface area contributed by atoms with E-state index in [4.69, 9.17) is 14.7 Å². The zero-order chi connectivity index (χ0) is 19.5. The Kier molecular flexibility index (Phi) is 5.47. The molecule has 0 saturated carbocycles. The number of aromatic nitrogens is 2. The van der Waals surface area contributed by atoms with Crippen molar-refractivity contribution in [1.82, 2.24) is 9.97 Å². The summed E-state index contributed by atoms with van der Waals surface area (Å²) in [7, 11) is 0. The Labute approximate surface area is 167 Å². The van der Waals surface area contributed by atoms with Gasteiger partial charge in [0.05, 0.1) is 11.0 Å². The number of anilines is 1. The van der Waals surface area contributed by atoms with Crippen molar-refractivity contribution in [2.75, 3.05) is 18.0 Å². The van der Waals surface area contributed by atoms with Gasteiger partial charge in [0.2, 0.25) is 0 Å². The van der Waals surface area contributed by atoms with E-state index in [0.29, 0.717) is 11.8 Å². The maximum absolute atomic E-state index is 6.44. The van der Waals surface area contributed by atoms with Crippen LogP contribution >= 0.6 is 0 Å². The van der Waals surface area contributed by atoms with Gasteiger partial charge < -0.3 is 9.64 Å². The average Bonchev–Trinajstić information content (AvgIpc) is 2.74. The fourth-order valence-corrected chi connectivity index (χ4v) is 3.77. The molecule has 1 fully saturated rings. The number of ether oxygens (including phenoxy) is 1. The molecule has 4 nitrogen and oxygen atoms in total. The predicted molar refractivity (Wildman–Crippen MR) is 115 cm³/mol. The van der Waals surface area contributed by atoms with Gasteiger partial charge in [0.15, 0.2) is 5.82 Å². The number of hydrogen-bond donors (Lipinski definition) is 0. The molecule has 0 amide bonds. The molecule has 1 aliphatic rings. The van der Waals surface area contributed by atoms with Gasteiger partial charge in [-0.3, -0.25) is 0 Å². The zero-order valence-electron chi connectivity index (χ0n) is 17.1. The Balaban J connectivity index is 1.76. The second kappa shape index (κ2) is 8.17. The highest BCUT2D eigenvalue weighted by molar-refractivity contribution is 5.77. The number of hydrogen-bond acceptors (Lipinski definition) is 4. The number of nitrogens with zero attached hydrogens (tertiary/aromatic N) is 3. The van der Waals surface area contributed by atoms with E-state index in [9.17, 15) is 0 Å². The first-order valence-electron chi connectivity index (χ1n) is 10.4. The van der Waals surface area contributed by atoms with Gasteiger partial charge in [0.25, 0.3) is 5.88 Å². The van der Waals surface area contributed by atoms with E-state index >= 15 is 0 Å². The Morgan fingerprint density at radius 2 is 1.64 bits per heavy atom. The van der Waals surface area contributed by atoms with Crippen molar-refractivity contribution in [2.24, 2.45) is 5.92 Å². The van der Waals surface area contributed by atoms with E-state index in [1.807, 2.05) is 36.4 Å². The molecule has 0 spiro atoms. The van der Waals surface area contributed by atoms with Crippen LogP contribution in [0.2, 0.25) is 0 Å². The summed E-state index contributed by atoms with van der Waals surface area (Å²) >= 11 is 0. The summed E-state index contributed by atoms with van der Waals surface area (Å²) in [5, 5.41) is 0. The fourth-order valence-electron chi connectivity index (χ4n) is 3.77. The van der Waals surface area contributed by atoms with Crippen molar-refractivity contribution in [3.05, 3.63) is 54.1 Å². The minimum atomic E-state index is 0.434. The van der Waals surface area contributed by atoms with Crippen LogP contribution in [0.1, 0.15) is 51.5 Å². The van der Waals surface area contributed by atoms with Gasteiger partial charge in [-0.1, -0.05) is 51.1 Å². The zero-order valence-corrected chi connectivity index (χ0v) is 17.1. The first kappa shape index (κ1) is 18.7. The van der Waals surface area contributed by atoms with Crippen molar-refractivity contribution >= 4 is 16.9 Å². The lowest BCUT2D eigenvalue weighted by Crippen LogP contribution is -2.33. The normalized spacial score (nSPS) is 16.3. The predicted octanol–water partition coefficient (Wildman–Crippen LogP) is 6.17. The van der Waals surface area contributed by atoms with Crippen LogP contribution in [-0.2, 0) is 0 Å². The molecule has 3 aromatic rings. The molecule has 0 N–H and O–H groups in total. The average molecular weight is 376 g/mol. The number of fused-ring (bicyclic) bond motifs is 1. The van der Waals surface area contributed by atoms with Gasteiger partial charge in [-0.2, -0.15) is 0 Å². The number of rotatable bonds is 5. The van der Waals surface area contributed by atoms with Crippen molar-refractivity contribution in [2.45, 2.75) is 46.0 Å². The van der Waals surface area contributed by atoms with Gasteiger partial charge >= 0.3 is 0 Å². The molecule has 4 heteroatoms. The quantitative estimate of drug-likeness (QED) is 0.534. The second-order valence-electron chi connectivity index (χ2n) is 7.96. The van der Waals surface area contributed by atoms with Crippen molar-refractivity contribution in [1.29, 1.82) is 0 Å². The molecule has 1 unspecified atom stereocenters. The topological polar surface area (TPSA) is 38.3 Å². The molecule has 1 saturated heterocycles. The van der Waals surface area contributed by atoms with E-state index in [2.05, 4.69) is 37.8 Å². The molecule has 146 valence electrons. The van der Waals surface area contributed by atoms with Gasteiger partial charge in [-0.15, -0.1) is 0 Å².